The monoisotopic (exact) mass is 537 g/mol. The third-order valence-corrected chi connectivity index (χ3v) is 8.32. The number of thiophene rings is 1. The van der Waals surface area contributed by atoms with E-state index in [9.17, 15) is 9.59 Å². The summed E-state index contributed by atoms with van der Waals surface area (Å²) in [4.78, 5) is 34.0. The second kappa shape index (κ2) is 10.0. The summed E-state index contributed by atoms with van der Waals surface area (Å²) in [6, 6.07) is 20.3. The van der Waals surface area contributed by atoms with E-state index in [1.54, 1.807) is 0 Å². The summed E-state index contributed by atoms with van der Waals surface area (Å²) in [6.07, 6.45) is 0.981. The van der Waals surface area contributed by atoms with Gasteiger partial charge in [0.05, 0.1) is 12.6 Å². The molecule has 5 rings (SSSR count). The van der Waals surface area contributed by atoms with Gasteiger partial charge in [0.1, 0.15) is 0 Å². The summed E-state index contributed by atoms with van der Waals surface area (Å²) in [5, 5.41) is 2.16. The van der Waals surface area contributed by atoms with E-state index < -0.39 is 0 Å². The Morgan fingerprint density at radius 1 is 1.03 bits per heavy atom. The highest BCUT2D eigenvalue weighted by atomic mass is 79.9. The van der Waals surface area contributed by atoms with Gasteiger partial charge in [0.2, 0.25) is 5.91 Å². The van der Waals surface area contributed by atoms with E-state index in [2.05, 4.69) is 56.5 Å². The first-order valence-electron chi connectivity index (χ1n) is 11.7. The topological polar surface area (TPSA) is 43.9 Å². The van der Waals surface area contributed by atoms with Crippen LogP contribution in [0.25, 0.3) is 0 Å². The first kappa shape index (κ1) is 23.3. The fourth-order valence-electron chi connectivity index (χ4n) is 5.11. The van der Waals surface area contributed by atoms with Crippen LogP contribution in [0.3, 0.4) is 0 Å². The van der Waals surface area contributed by atoms with Gasteiger partial charge in [-0.15, -0.1) is 11.3 Å². The number of piperazine rings is 1. The number of halogens is 1. The van der Waals surface area contributed by atoms with Crippen LogP contribution in [0.4, 0.5) is 0 Å². The van der Waals surface area contributed by atoms with Crippen molar-refractivity contribution >= 4 is 39.1 Å². The fourth-order valence-corrected chi connectivity index (χ4v) is 6.41. The molecular formula is C27H28BrN3O2S. The summed E-state index contributed by atoms with van der Waals surface area (Å²) in [7, 11) is 0. The van der Waals surface area contributed by atoms with Crippen LogP contribution in [0.1, 0.15) is 39.3 Å². The van der Waals surface area contributed by atoms with Crippen molar-refractivity contribution in [3.8, 4) is 0 Å². The highest BCUT2D eigenvalue weighted by molar-refractivity contribution is 9.10. The molecule has 2 aromatic carbocycles. The molecule has 34 heavy (non-hydrogen) atoms. The number of benzene rings is 2. The Balaban J connectivity index is 1.27. The molecule has 2 amide bonds. The molecule has 0 aliphatic carbocycles. The quantitative estimate of drug-likeness (QED) is 0.478. The average Bonchev–Trinajstić information content (AvgIpc) is 3.33. The second-order valence-electron chi connectivity index (χ2n) is 9.03. The maximum atomic E-state index is 13.4. The van der Waals surface area contributed by atoms with E-state index in [4.69, 9.17) is 0 Å². The lowest BCUT2D eigenvalue weighted by molar-refractivity contribution is -0.135. The first-order chi connectivity index (χ1) is 16.5. The van der Waals surface area contributed by atoms with Gasteiger partial charge >= 0.3 is 0 Å². The van der Waals surface area contributed by atoms with E-state index >= 15 is 0 Å². The maximum Gasteiger partial charge on any atom is 0.254 e. The zero-order valence-corrected chi connectivity index (χ0v) is 21.6. The van der Waals surface area contributed by atoms with Crippen LogP contribution >= 0.6 is 27.3 Å². The number of hydrogen-bond acceptors (Lipinski definition) is 4. The van der Waals surface area contributed by atoms with Crippen LogP contribution in [0, 0.1) is 0 Å². The van der Waals surface area contributed by atoms with E-state index in [-0.39, 0.29) is 23.9 Å². The zero-order chi connectivity index (χ0) is 23.7. The van der Waals surface area contributed by atoms with Gasteiger partial charge in [-0.3, -0.25) is 14.5 Å². The molecule has 176 valence electrons. The maximum absolute atomic E-state index is 13.4. The van der Waals surface area contributed by atoms with Crippen molar-refractivity contribution in [2.24, 2.45) is 0 Å². The van der Waals surface area contributed by atoms with Gasteiger partial charge in [0.25, 0.3) is 5.91 Å². The lowest BCUT2D eigenvalue weighted by Crippen LogP contribution is -2.57. The molecule has 1 fully saturated rings. The van der Waals surface area contributed by atoms with Crippen LogP contribution in [0.15, 0.2) is 70.5 Å². The Kier molecular flexibility index (Phi) is 6.86. The van der Waals surface area contributed by atoms with Crippen molar-refractivity contribution in [2.45, 2.75) is 25.4 Å². The Bertz CT molecular complexity index is 1180. The molecule has 2 atom stereocenters. The molecule has 2 unspecified atom stereocenters. The average molecular weight is 539 g/mol. The molecule has 0 N–H and O–H groups in total. The Hall–Kier alpha value is -2.48. The molecule has 0 spiro atoms. The van der Waals surface area contributed by atoms with E-state index in [0.29, 0.717) is 31.7 Å². The predicted octanol–water partition coefficient (Wildman–Crippen LogP) is 4.83. The van der Waals surface area contributed by atoms with Gasteiger partial charge < -0.3 is 9.80 Å². The summed E-state index contributed by atoms with van der Waals surface area (Å²) in [5.74, 6) is 0.159. The predicted molar refractivity (Wildman–Crippen MR) is 139 cm³/mol. The molecule has 2 aliphatic heterocycles. The minimum Gasteiger partial charge on any atom is -0.338 e. The summed E-state index contributed by atoms with van der Waals surface area (Å²) >= 11 is 5.26. The third-order valence-electron chi connectivity index (χ3n) is 6.83. The lowest BCUT2D eigenvalue weighted by atomic mass is 9.93. The van der Waals surface area contributed by atoms with Gasteiger partial charge in [-0.1, -0.05) is 52.3 Å². The Morgan fingerprint density at radius 3 is 2.62 bits per heavy atom. The summed E-state index contributed by atoms with van der Waals surface area (Å²) in [6.45, 7) is 4.97. The highest BCUT2D eigenvalue weighted by Crippen LogP contribution is 2.37. The van der Waals surface area contributed by atoms with Crippen molar-refractivity contribution in [3.63, 3.8) is 0 Å². The molecule has 3 heterocycles. The van der Waals surface area contributed by atoms with Gasteiger partial charge in [-0.25, -0.2) is 0 Å². The summed E-state index contributed by atoms with van der Waals surface area (Å²) in [5.41, 5.74) is 3.23. The largest absolute Gasteiger partial charge is 0.338 e. The number of carbonyl (C=O) groups is 2. The molecule has 0 saturated carbocycles. The molecular weight excluding hydrogens is 510 g/mol. The molecule has 5 nitrogen and oxygen atoms in total. The number of nitrogens with zero attached hydrogens (tertiary/aromatic N) is 3. The SMILES string of the molecule is CC1CN(C(=O)CN2CCc3sccc3C2c2ccccc2)CCN1C(=O)c1cccc(Br)c1. The van der Waals surface area contributed by atoms with Gasteiger partial charge in [-0.2, -0.15) is 0 Å². The van der Waals surface area contributed by atoms with E-state index in [0.717, 1.165) is 17.4 Å². The van der Waals surface area contributed by atoms with E-state index in [1.165, 1.54) is 16.0 Å². The van der Waals surface area contributed by atoms with Gasteiger partial charge in [0.15, 0.2) is 0 Å². The molecule has 2 aliphatic rings. The number of fused-ring (bicyclic) bond motifs is 1. The van der Waals surface area contributed by atoms with Crippen molar-refractivity contribution in [3.05, 3.63) is 92.1 Å². The van der Waals surface area contributed by atoms with E-state index in [1.807, 2.05) is 58.4 Å². The molecule has 3 aromatic rings. The normalized spacial score (nSPS) is 20.8. The van der Waals surface area contributed by atoms with Crippen LogP contribution in [0.2, 0.25) is 0 Å². The molecule has 0 bridgehead atoms. The van der Waals surface area contributed by atoms with Crippen molar-refractivity contribution < 1.29 is 9.59 Å². The fraction of sp³-hybridized carbons (Fsp3) is 0.333. The van der Waals surface area contributed by atoms with Gasteiger partial charge in [-0.05, 0) is 54.1 Å². The summed E-state index contributed by atoms with van der Waals surface area (Å²) < 4.78 is 0.892. The van der Waals surface area contributed by atoms with Crippen LogP contribution in [-0.2, 0) is 11.2 Å². The van der Waals surface area contributed by atoms with Crippen LogP contribution < -0.4 is 0 Å². The van der Waals surface area contributed by atoms with Crippen molar-refractivity contribution in [1.29, 1.82) is 0 Å². The van der Waals surface area contributed by atoms with Crippen molar-refractivity contribution in [1.82, 2.24) is 14.7 Å². The minimum absolute atomic E-state index is 0.0195. The number of rotatable bonds is 4. The highest BCUT2D eigenvalue weighted by Gasteiger charge is 2.34. The lowest BCUT2D eigenvalue weighted by Gasteiger charge is -2.42. The molecule has 1 aromatic heterocycles. The minimum atomic E-state index is -0.0288. The van der Waals surface area contributed by atoms with Crippen LogP contribution in [-0.4, -0.2) is 65.3 Å². The number of hydrogen-bond donors (Lipinski definition) is 0. The van der Waals surface area contributed by atoms with Crippen molar-refractivity contribution in [2.75, 3.05) is 32.7 Å². The standard InChI is InChI=1S/C27H28BrN3O2S/c1-19-17-29(13-14-31(19)27(33)21-8-5-9-22(28)16-21)25(32)18-30-12-10-24-23(11-15-34-24)26(30)20-6-3-2-4-7-20/h2-9,11,15-16,19,26H,10,12-14,17-18H2,1H3. The van der Waals surface area contributed by atoms with Gasteiger partial charge in [0, 0.05) is 47.1 Å². The Labute approximate surface area is 213 Å². The first-order valence-corrected chi connectivity index (χ1v) is 13.4. The molecule has 7 heteroatoms. The molecule has 0 radical (unpaired) electrons. The Morgan fingerprint density at radius 2 is 1.85 bits per heavy atom. The zero-order valence-electron chi connectivity index (χ0n) is 19.2. The second-order valence-corrected chi connectivity index (χ2v) is 10.9. The number of carbonyl (C=O) groups excluding carboxylic acids is 2. The smallest absolute Gasteiger partial charge is 0.254 e. The molecule has 1 saturated heterocycles. The third kappa shape index (κ3) is 4.69. The van der Waals surface area contributed by atoms with Crippen LogP contribution in [0.5, 0.6) is 0 Å². The number of amides is 2.